The van der Waals surface area contributed by atoms with E-state index in [1.165, 1.54) is 0 Å². The summed E-state index contributed by atoms with van der Waals surface area (Å²) in [6.45, 7) is 7.59. The van der Waals surface area contributed by atoms with E-state index < -0.39 is 11.7 Å². The number of halogens is 1. The number of benzene rings is 1. The van der Waals surface area contributed by atoms with Gasteiger partial charge in [-0.05, 0) is 38.8 Å². The molecule has 0 bridgehead atoms. The zero-order valence-electron chi connectivity index (χ0n) is 11.8. The van der Waals surface area contributed by atoms with E-state index in [1.54, 1.807) is 0 Å². The third kappa shape index (κ3) is 4.73. The van der Waals surface area contributed by atoms with E-state index >= 15 is 0 Å². The Balaban J connectivity index is 2.84. The van der Waals surface area contributed by atoms with Crippen molar-refractivity contribution >= 4 is 17.7 Å². The topological polar surface area (TPSA) is 64.3 Å². The van der Waals surface area contributed by atoms with Crippen molar-refractivity contribution in [2.24, 2.45) is 5.73 Å². The highest BCUT2D eigenvalue weighted by Crippen LogP contribution is 2.25. The van der Waals surface area contributed by atoms with Gasteiger partial charge in [0.2, 0.25) is 0 Å². The monoisotopic (exact) mass is 284 g/mol. The van der Waals surface area contributed by atoms with Crippen molar-refractivity contribution in [2.45, 2.75) is 39.3 Å². The molecule has 1 aromatic rings. The number of amides is 1. The van der Waals surface area contributed by atoms with E-state index in [9.17, 15) is 4.79 Å². The molecule has 0 aliphatic carbocycles. The minimum atomic E-state index is -0.542. The number of nitrogens with two attached hydrogens (primary N) is 1. The fraction of sp³-hybridized carbons (Fsp3) is 0.500. The van der Waals surface area contributed by atoms with Gasteiger partial charge < -0.3 is 15.8 Å². The minimum Gasteiger partial charge on any atom is -0.444 e. The second kappa shape index (κ2) is 6.26. The number of rotatable bonds is 3. The Bertz CT molecular complexity index is 455. The predicted molar refractivity (Wildman–Crippen MR) is 77.4 cm³/mol. The second-order valence-corrected chi connectivity index (χ2v) is 5.79. The lowest BCUT2D eigenvalue weighted by Crippen LogP contribution is -2.37. The maximum Gasteiger partial charge on any atom is 0.408 e. The van der Waals surface area contributed by atoms with E-state index in [-0.39, 0.29) is 12.6 Å². The summed E-state index contributed by atoms with van der Waals surface area (Å²) in [6.07, 6.45) is -0.500. The van der Waals surface area contributed by atoms with Crippen molar-refractivity contribution < 1.29 is 9.53 Å². The average molecular weight is 285 g/mol. The van der Waals surface area contributed by atoms with E-state index in [0.29, 0.717) is 5.02 Å². The van der Waals surface area contributed by atoms with E-state index in [2.05, 4.69) is 5.32 Å². The molecule has 0 heterocycles. The maximum absolute atomic E-state index is 11.8. The highest BCUT2D eigenvalue weighted by atomic mass is 35.5. The molecule has 19 heavy (non-hydrogen) atoms. The molecule has 0 aromatic heterocycles. The molecule has 1 unspecified atom stereocenters. The van der Waals surface area contributed by atoms with Gasteiger partial charge in [0, 0.05) is 11.6 Å². The molecule has 1 aromatic carbocycles. The van der Waals surface area contributed by atoms with Crippen molar-refractivity contribution in [1.29, 1.82) is 0 Å². The fourth-order valence-electron chi connectivity index (χ4n) is 1.65. The van der Waals surface area contributed by atoms with Gasteiger partial charge in [0.1, 0.15) is 5.60 Å². The molecule has 0 saturated heterocycles. The van der Waals surface area contributed by atoms with Gasteiger partial charge in [0.25, 0.3) is 0 Å². The number of carbonyl (C=O) groups is 1. The Morgan fingerprint density at radius 3 is 2.63 bits per heavy atom. The van der Waals surface area contributed by atoms with Crippen LogP contribution in [0.2, 0.25) is 5.02 Å². The first-order valence-electron chi connectivity index (χ1n) is 6.19. The molecular weight excluding hydrogens is 264 g/mol. The first kappa shape index (κ1) is 15.8. The summed E-state index contributed by atoms with van der Waals surface area (Å²) in [5.74, 6) is 0. The molecule has 0 aliphatic heterocycles. The van der Waals surface area contributed by atoms with Gasteiger partial charge in [-0.1, -0.05) is 29.8 Å². The molecule has 0 aliphatic rings. The van der Waals surface area contributed by atoms with Crippen molar-refractivity contribution in [3.8, 4) is 0 Å². The van der Waals surface area contributed by atoms with Crippen LogP contribution >= 0.6 is 11.6 Å². The largest absolute Gasteiger partial charge is 0.444 e. The van der Waals surface area contributed by atoms with Gasteiger partial charge in [-0.25, -0.2) is 4.79 Å². The number of aryl methyl sites for hydroxylation is 1. The van der Waals surface area contributed by atoms with Crippen molar-refractivity contribution in [1.82, 2.24) is 5.32 Å². The van der Waals surface area contributed by atoms with E-state index in [4.69, 9.17) is 22.1 Å². The highest BCUT2D eigenvalue weighted by molar-refractivity contribution is 6.32. The van der Waals surface area contributed by atoms with Crippen LogP contribution in [0, 0.1) is 6.92 Å². The molecule has 0 saturated carbocycles. The summed E-state index contributed by atoms with van der Waals surface area (Å²) < 4.78 is 5.21. The van der Waals surface area contributed by atoms with Crippen LogP contribution in [0.5, 0.6) is 0 Å². The van der Waals surface area contributed by atoms with Crippen molar-refractivity contribution in [3.63, 3.8) is 0 Å². The van der Waals surface area contributed by atoms with Gasteiger partial charge in [-0.15, -0.1) is 0 Å². The lowest BCUT2D eigenvalue weighted by molar-refractivity contribution is 0.0505. The average Bonchev–Trinajstić information content (AvgIpc) is 2.27. The summed E-state index contributed by atoms with van der Waals surface area (Å²) in [6, 6.07) is 5.29. The molecule has 0 fully saturated rings. The molecular formula is C14H21ClN2O2. The lowest BCUT2D eigenvalue weighted by Gasteiger charge is -2.24. The maximum atomic E-state index is 11.8. The molecule has 0 radical (unpaired) electrons. The first-order valence-corrected chi connectivity index (χ1v) is 6.57. The molecule has 0 spiro atoms. The van der Waals surface area contributed by atoms with Crippen molar-refractivity contribution in [2.75, 3.05) is 6.54 Å². The third-order valence-corrected chi connectivity index (χ3v) is 3.04. The van der Waals surface area contributed by atoms with Crippen LogP contribution in [0.1, 0.15) is 37.9 Å². The second-order valence-electron chi connectivity index (χ2n) is 5.41. The van der Waals surface area contributed by atoms with Crippen LogP contribution in [0.4, 0.5) is 4.79 Å². The van der Waals surface area contributed by atoms with Crippen LogP contribution in [0.3, 0.4) is 0 Å². The van der Waals surface area contributed by atoms with Crippen molar-refractivity contribution in [3.05, 3.63) is 34.3 Å². The summed E-state index contributed by atoms with van der Waals surface area (Å²) >= 11 is 6.24. The van der Waals surface area contributed by atoms with Crippen LogP contribution in [-0.2, 0) is 4.74 Å². The van der Waals surface area contributed by atoms with Gasteiger partial charge in [0.05, 0.1) is 6.04 Å². The van der Waals surface area contributed by atoms with E-state index in [1.807, 2.05) is 45.9 Å². The van der Waals surface area contributed by atoms with Crippen LogP contribution in [0.25, 0.3) is 0 Å². The smallest absolute Gasteiger partial charge is 0.408 e. The quantitative estimate of drug-likeness (QED) is 0.896. The number of alkyl carbamates (subject to hydrolysis) is 1. The Morgan fingerprint density at radius 1 is 1.47 bits per heavy atom. The molecule has 5 heteroatoms. The van der Waals surface area contributed by atoms with Gasteiger partial charge >= 0.3 is 6.09 Å². The number of carbonyl (C=O) groups excluding carboxylic acids is 1. The molecule has 1 amide bonds. The van der Waals surface area contributed by atoms with Gasteiger partial charge in [-0.3, -0.25) is 0 Å². The molecule has 4 nitrogen and oxygen atoms in total. The molecule has 106 valence electrons. The van der Waals surface area contributed by atoms with Crippen LogP contribution < -0.4 is 11.1 Å². The van der Waals surface area contributed by atoms with E-state index in [0.717, 1.165) is 11.1 Å². The summed E-state index contributed by atoms with van der Waals surface area (Å²) in [5, 5.41) is 3.36. The normalized spacial score (nSPS) is 12.9. The molecule has 1 atom stereocenters. The number of hydrogen-bond acceptors (Lipinski definition) is 3. The summed E-state index contributed by atoms with van der Waals surface area (Å²) in [7, 11) is 0. The number of ether oxygens (including phenoxy) is 1. The van der Waals surface area contributed by atoms with Crippen LogP contribution in [0.15, 0.2) is 18.2 Å². The standard InChI is InChI=1S/C14H21ClN2O2/c1-9-6-5-7-10(12(9)15)11(8-16)17-13(18)19-14(2,3)4/h5-7,11H,8,16H2,1-4H3,(H,17,18). The third-order valence-electron chi connectivity index (χ3n) is 2.52. The Labute approximate surface area is 119 Å². The Morgan fingerprint density at radius 2 is 2.11 bits per heavy atom. The first-order chi connectivity index (χ1) is 8.74. The van der Waals surface area contributed by atoms with Crippen LogP contribution in [-0.4, -0.2) is 18.2 Å². The molecule has 3 N–H and O–H groups in total. The SMILES string of the molecule is Cc1cccc(C(CN)NC(=O)OC(C)(C)C)c1Cl. The predicted octanol–water partition coefficient (Wildman–Crippen LogP) is 3.17. The molecule has 1 rings (SSSR count). The zero-order valence-corrected chi connectivity index (χ0v) is 12.5. The highest BCUT2D eigenvalue weighted by Gasteiger charge is 2.21. The summed E-state index contributed by atoms with van der Waals surface area (Å²) in [5.41, 5.74) is 6.91. The Kier molecular flexibility index (Phi) is 5.20. The minimum absolute atomic E-state index is 0.252. The number of nitrogens with one attached hydrogen (secondary N) is 1. The van der Waals surface area contributed by atoms with Gasteiger partial charge in [0.15, 0.2) is 0 Å². The van der Waals surface area contributed by atoms with Gasteiger partial charge in [-0.2, -0.15) is 0 Å². The Hall–Kier alpha value is -1.26. The summed E-state index contributed by atoms with van der Waals surface area (Å²) in [4.78, 5) is 11.8. The number of hydrogen-bond donors (Lipinski definition) is 2. The lowest BCUT2D eigenvalue weighted by atomic mass is 10.0. The zero-order chi connectivity index (χ0) is 14.6. The fourth-order valence-corrected chi connectivity index (χ4v) is 1.91.